The van der Waals surface area contributed by atoms with E-state index in [1.165, 1.54) is 0 Å². The van der Waals surface area contributed by atoms with Gasteiger partial charge in [0, 0.05) is 22.6 Å². The van der Waals surface area contributed by atoms with Crippen molar-refractivity contribution in [2.24, 2.45) is 0 Å². The van der Waals surface area contributed by atoms with Crippen LogP contribution in [0.1, 0.15) is 39.9 Å². The van der Waals surface area contributed by atoms with E-state index < -0.39 is 112 Å². The largest absolute Gasteiger partial charge is 0.398 e. The molecule has 0 spiro atoms. The van der Waals surface area contributed by atoms with Gasteiger partial charge in [-0.3, -0.25) is 24.5 Å². The van der Waals surface area contributed by atoms with Crippen LogP contribution in [0, 0.1) is 0 Å². The molecule has 24 radical (unpaired) electrons. The van der Waals surface area contributed by atoms with Gasteiger partial charge in [0.15, 0.2) is 0 Å². The Bertz CT molecular complexity index is 1660. The van der Waals surface area contributed by atoms with Crippen LogP contribution in [0.4, 0.5) is 8.78 Å². The molecule has 7 nitrogen and oxygen atoms in total. The van der Waals surface area contributed by atoms with Gasteiger partial charge in [-0.05, 0) is 22.7 Å². The highest BCUT2D eigenvalue weighted by Crippen LogP contribution is 2.38. The lowest BCUT2D eigenvalue weighted by Gasteiger charge is -2.45. The number of hydrogen-bond donors (Lipinski definition) is 1. The normalized spacial score (nSPS) is 18.2. The molecule has 0 bridgehead atoms. The van der Waals surface area contributed by atoms with Crippen LogP contribution in [0.25, 0.3) is 0 Å². The number of alkyl halides is 2. The smallest absolute Gasteiger partial charge is 0.347 e. The van der Waals surface area contributed by atoms with Gasteiger partial charge < -0.3 is 9.71 Å². The van der Waals surface area contributed by atoms with Crippen LogP contribution >= 0.6 is 11.6 Å². The average molecular weight is 580 g/mol. The zero-order valence-corrected chi connectivity index (χ0v) is 23.3. The second-order valence-electron chi connectivity index (χ2n) is 10.3. The SMILES string of the molecule is [B]c1c([B])c(C(F)(F)C(=O)N([B])C([B])([B])c2c([B])c([B])c3c(c2[B])C([B])([B])N(C2CCC(=O)NC2=O)C3=O)c([B])c([B])c1Cl. The zero-order valence-electron chi connectivity index (χ0n) is 22.6. The minimum atomic E-state index is -4.70. The van der Waals surface area contributed by atoms with Gasteiger partial charge >= 0.3 is 5.92 Å². The summed E-state index contributed by atoms with van der Waals surface area (Å²) in [6.45, 7) is 0. The van der Waals surface area contributed by atoms with Crippen molar-refractivity contribution < 1.29 is 28.0 Å². The van der Waals surface area contributed by atoms with Crippen LogP contribution < -0.4 is 43.6 Å². The fourth-order valence-corrected chi connectivity index (χ4v) is 5.50. The molecule has 44 heavy (non-hydrogen) atoms. The van der Waals surface area contributed by atoms with Crippen LogP contribution in [0.5, 0.6) is 0 Å². The van der Waals surface area contributed by atoms with Crippen molar-refractivity contribution in [1.29, 1.82) is 0 Å². The number of imide groups is 1. The maximum atomic E-state index is 15.7. The molecule has 2 aromatic carbocycles. The molecule has 2 heterocycles. The molecule has 22 heteroatoms. The molecule has 4 amide bonds. The number of nitrogens with one attached hydrogen (secondary N) is 1. The summed E-state index contributed by atoms with van der Waals surface area (Å²) in [7, 11) is 71.8. The summed E-state index contributed by atoms with van der Waals surface area (Å²) in [6.07, 6.45) is -0.343. The Labute approximate surface area is 272 Å². The second-order valence-corrected chi connectivity index (χ2v) is 10.6. The number of rotatable bonds is 5. The third-order valence-corrected chi connectivity index (χ3v) is 7.97. The van der Waals surface area contributed by atoms with E-state index in [-0.39, 0.29) is 17.7 Å². The maximum absolute atomic E-state index is 15.7. The summed E-state index contributed by atoms with van der Waals surface area (Å²) >= 11 is 5.87. The molecule has 1 fully saturated rings. The Morgan fingerprint density at radius 2 is 1.39 bits per heavy atom. The highest BCUT2D eigenvalue weighted by atomic mass is 35.5. The number of carbonyl (C=O) groups excluding carboxylic acids is 4. The van der Waals surface area contributed by atoms with Gasteiger partial charge in [0.05, 0.1) is 31.4 Å². The molecule has 0 aliphatic carbocycles. The number of nitrogens with zero attached hydrogens (tertiary/aromatic N) is 2. The van der Waals surface area contributed by atoms with E-state index in [0.29, 0.717) is 4.90 Å². The molecule has 4 rings (SSSR count). The van der Waals surface area contributed by atoms with E-state index in [0.717, 1.165) is 0 Å². The Kier molecular flexibility index (Phi) is 8.63. The lowest BCUT2D eigenvalue weighted by Crippen LogP contribution is -2.61. The first-order valence-corrected chi connectivity index (χ1v) is 12.6. The van der Waals surface area contributed by atoms with Crippen LogP contribution in [-0.2, 0) is 31.0 Å². The second kappa shape index (κ2) is 11.1. The summed E-state index contributed by atoms with van der Waals surface area (Å²) in [5.41, 5.74) is -8.01. The van der Waals surface area contributed by atoms with Gasteiger partial charge in [0.2, 0.25) is 19.8 Å². The van der Waals surface area contributed by atoms with Crippen molar-refractivity contribution in [3.8, 4) is 0 Å². The number of benzene rings is 2. The molecular formula is C22H6B12ClF2N3O4. The minimum absolute atomic E-state index is 0.169. The van der Waals surface area contributed by atoms with Gasteiger partial charge in [0.1, 0.15) is 61.0 Å². The Balaban J connectivity index is 1.85. The lowest BCUT2D eigenvalue weighted by molar-refractivity contribution is -0.154. The van der Waals surface area contributed by atoms with E-state index in [1.807, 2.05) is 0 Å². The van der Waals surface area contributed by atoms with Crippen LogP contribution in [0.15, 0.2) is 0 Å². The quantitative estimate of drug-likeness (QED) is 0.282. The highest BCUT2D eigenvalue weighted by Gasteiger charge is 2.52. The molecule has 2 aliphatic rings. The van der Waals surface area contributed by atoms with E-state index in [1.54, 1.807) is 0 Å². The standard InChI is InChI=1S/C22H6B12ClF2N3O4/c23-9-5-6(21(30,31)39(18(5)43)3-1-2-4(41)38-17(3)42)10(24)8(13(9)27)22(32,33)40(34)19(44)20(36,37)7-11(25)14(28)16(35)15(29)12(7)26/h3H,1-2H2,(H,38,41,42). The predicted octanol–water partition coefficient (Wildman–Crippen LogP) is -8.24. The van der Waals surface area contributed by atoms with E-state index in [4.69, 9.17) is 106 Å². The van der Waals surface area contributed by atoms with Gasteiger partial charge in [0.25, 0.3) is 11.8 Å². The van der Waals surface area contributed by atoms with Gasteiger partial charge in [-0.25, -0.2) is 0 Å². The summed E-state index contributed by atoms with van der Waals surface area (Å²) in [4.78, 5) is 51.3. The fourth-order valence-electron chi connectivity index (χ4n) is 5.30. The molecule has 190 valence electrons. The molecule has 2 aromatic rings. The Hall–Kier alpha value is -2.55. The predicted molar refractivity (Wildman–Crippen MR) is 171 cm³/mol. The van der Waals surface area contributed by atoms with Crippen molar-refractivity contribution in [2.75, 3.05) is 0 Å². The molecule has 1 atom stereocenters. The van der Waals surface area contributed by atoms with E-state index in [2.05, 4.69) is 5.32 Å². The zero-order chi connectivity index (χ0) is 33.6. The maximum Gasteiger partial charge on any atom is 0.347 e. The van der Waals surface area contributed by atoms with Crippen molar-refractivity contribution in [3.05, 3.63) is 27.3 Å². The van der Waals surface area contributed by atoms with Crippen molar-refractivity contribution >= 4 is 168 Å². The number of hydrogen-bond acceptors (Lipinski definition) is 4. The number of fused-ring (bicyclic) bond motifs is 1. The Morgan fingerprint density at radius 1 is 0.886 bits per heavy atom. The minimum Gasteiger partial charge on any atom is -0.398 e. The fraction of sp³-hybridized carbons (Fsp3) is 0.273. The van der Waals surface area contributed by atoms with E-state index in [9.17, 15) is 19.2 Å². The number of amides is 4. The molecule has 1 N–H and O–H groups in total. The highest BCUT2D eigenvalue weighted by molar-refractivity contribution is 6.64. The molecule has 1 saturated heterocycles. The number of carbonyl (C=O) groups is 4. The third kappa shape index (κ3) is 4.78. The summed E-state index contributed by atoms with van der Waals surface area (Å²) in [6, 6.07) is -1.37. The first kappa shape index (κ1) is 34.3. The monoisotopic (exact) mass is 581 g/mol. The van der Waals surface area contributed by atoms with Crippen molar-refractivity contribution in [2.45, 2.75) is 35.5 Å². The van der Waals surface area contributed by atoms with Crippen molar-refractivity contribution in [1.82, 2.24) is 15.0 Å². The summed E-state index contributed by atoms with van der Waals surface area (Å²) in [5, 5.41) is -3.85. The molecular weight excluding hydrogens is 573 g/mol. The molecule has 2 aliphatic heterocycles. The van der Waals surface area contributed by atoms with Gasteiger partial charge in [-0.15, -0.1) is 0 Å². The summed E-state index contributed by atoms with van der Waals surface area (Å²) < 4.78 is 31.4. The van der Waals surface area contributed by atoms with Crippen molar-refractivity contribution in [3.63, 3.8) is 0 Å². The Morgan fingerprint density at radius 3 is 1.89 bits per heavy atom. The molecule has 1 unspecified atom stereocenters. The lowest BCUT2D eigenvalue weighted by atomic mass is 9.47. The van der Waals surface area contributed by atoms with Crippen LogP contribution in [0.3, 0.4) is 0 Å². The summed E-state index contributed by atoms with van der Waals surface area (Å²) in [5.74, 6) is -9.53. The third-order valence-electron chi connectivity index (χ3n) is 7.56. The first-order valence-electron chi connectivity index (χ1n) is 12.3. The first-order chi connectivity index (χ1) is 20.0. The van der Waals surface area contributed by atoms with Gasteiger partial charge in [-0.1, -0.05) is 55.4 Å². The molecule has 0 saturated carbocycles. The van der Waals surface area contributed by atoms with Gasteiger partial charge in [-0.2, -0.15) is 8.78 Å². The van der Waals surface area contributed by atoms with Crippen LogP contribution in [0.2, 0.25) is 5.02 Å². The molecule has 0 aromatic heterocycles. The van der Waals surface area contributed by atoms with E-state index >= 15 is 8.78 Å². The van der Waals surface area contributed by atoms with Crippen LogP contribution in [-0.4, -0.2) is 134 Å². The number of halogens is 3. The topological polar surface area (TPSA) is 86.8 Å². The average Bonchev–Trinajstić information content (AvgIpc) is 3.13. The number of piperidine rings is 1.